The average molecular weight is 435 g/mol. The van der Waals surface area contributed by atoms with Crippen LogP contribution in [0.1, 0.15) is 36.6 Å². The molecule has 0 saturated carbocycles. The predicted molar refractivity (Wildman–Crippen MR) is 123 cm³/mol. The van der Waals surface area contributed by atoms with Crippen LogP contribution >= 0.6 is 0 Å². The Bertz CT molecular complexity index is 1270. The van der Waals surface area contributed by atoms with Crippen LogP contribution in [0.5, 0.6) is 5.75 Å². The molecule has 31 heavy (non-hydrogen) atoms. The van der Waals surface area contributed by atoms with Crippen LogP contribution < -0.4 is 9.62 Å². The Morgan fingerprint density at radius 2 is 1.71 bits per heavy atom. The number of sulfonamides is 1. The van der Waals surface area contributed by atoms with Crippen molar-refractivity contribution in [1.82, 2.24) is 0 Å². The Morgan fingerprint density at radius 3 is 2.45 bits per heavy atom. The van der Waals surface area contributed by atoms with Gasteiger partial charge in [0.15, 0.2) is 0 Å². The molecule has 2 atom stereocenters. The van der Waals surface area contributed by atoms with E-state index < -0.39 is 10.0 Å². The predicted octanol–water partition coefficient (Wildman–Crippen LogP) is 4.97. The molecule has 0 unspecified atom stereocenters. The summed E-state index contributed by atoms with van der Waals surface area (Å²) >= 11 is 0. The maximum absolute atomic E-state index is 13.7. The first-order valence-electron chi connectivity index (χ1n) is 10.5. The molecule has 0 aromatic heterocycles. The van der Waals surface area contributed by atoms with Gasteiger partial charge in [-0.15, -0.1) is 0 Å². The van der Waals surface area contributed by atoms with Crippen molar-refractivity contribution in [2.75, 3.05) is 16.2 Å². The zero-order valence-electron chi connectivity index (χ0n) is 17.8. The third kappa shape index (κ3) is 2.92. The largest absolute Gasteiger partial charge is 0.506 e. The van der Waals surface area contributed by atoms with Crippen molar-refractivity contribution < 1.29 is 13.5 Å². The summed E-state index contributed by atoms with van der Waals surface area (Å²) in [5.41, 5.74) is 4.02. The Hall–Kier alpha value is -2.99. The van der Waals surface area contributed by atoms with E-state index in [1.165, 1.54) is 0 Å². The average Bonchev–Trinajstić information content (AvgIpc) is 2.74. The third-order valence-electron chi connectivity index (χ3n) is 6.88. The summed E-state index contributed by atoms with van der Waals surface area (Å²) in [7, 11) is -3.72. The van der Waals surface area contributed by atoms with E-state index in [4.69, 9.17) is 0 Å². The second-order valence-electron chi connectivity index (χ2n) is 9.06. The van der Waals surface area contributed by atoms with Crippen LogP contribution in [-0.2, 0) is 15.4 Å². The molecule has 0 bridgehead atoms. The fraction of sp³-hybridized carbons (Fsp3) is 0.280. The molecule has 0 spiro atoms. The summed E-state index contributed by atoms with van der Waals surface area (Å²) in [4.78, 5) is 0.297. The summed E-state index contributed by atoms with van der Waals surface area (Å²) < 4.78 is 29.0. The Balaban J connectivity index is 1.68. The van der Waals surface area contributed by atoms with Gasteiger partial charge >= 0.3 is 0 Å². The number of nitrogens with one attached hydrogen (secondary N) is 1. The van der Waals surface area contributed by atoms with Crippen LogP contribution in [0.2, 0.25) is 0 Å². The number of hydrogen-bond acceptors (Lipinski definition) is 4. The first-order valence-corrected chi connectivity index (χ1v) is 11.9. The highest BCUT2D eigenvalue weighted by atomic mass is 32.2. The number of para-hydroxylation sites is 2. The molecule has 5 rings (SSSR count). The molecule has 6 heteroatoms. The van der Waals surface area contributed by atoms with Crippen molar-refractivity contribution in [1.29, 1.82) is 0 Å². The molecule has 0 fully saturated rings. The highest BCUT2D eigenvalue weighted by Crippen LogP contribution is 2.55. The summed E-state index contributed by atoms with van der Waals surface area (Å²) in [6.07, 6.45) is 0. The van der Waals surface area contributed by atoms with E-state index in [0.717, 1.165) is 22.4 Å². The van der Waals surface area contributed by atoms with Crippen LogP contribution in [0.25, 0.3) is 0 Å². The van der Waals surface area contributed by atoms with Crippen LogP contribution in [0.15, 0.2) is 71.6 Å². The molecule has 0 radical (unpaired) electrons. The van der Waals surface area contributed by atoms with Gasteiger partial charge in [0.25, 0.3) is 10.0 Å². The highest BCUT2D eigenvalue weighted by Gasteiger charge is 2.49. The monoisotopic (exact) mass is 434 g/mol. The number of fused-ring (bicyclic) bond motifs is 4. The maximum Gasteiger partial charge on any atom is 0.264 e. The van der Waals surface area contributed by atoms with Crippen molar-refractivity contribution in [2.45, 2.75) is 37.1 Å². The smallest absolute Gasteiger partial charge is 0.264 e. The second kappa shape index (κ2) is 6.76. The molecular formula is C25H26N2O3S. The van der Waals surface area contributed by atoms with Crippen LogP contribution in [-0.4, -0.2) is 20.1 Å². The van der Waals surface area contributed by atoms with E-state index in [9.17, 15) is 13.5 Å². The van der Waals surface area contributed by atoms with Gasteiger partial charge in [-0.2, -0.15) is 0 Å². The van der Waals surface area contributed by atoms with Gasteiger partial charge in [0.2, 0.25) is 0 Å². The summed E-state index contributed by atoms with van der Waals surface area (Å²) in [5, 5.41) is 14.0. The second-order valence-corrected chi connectivity index (χ2v) is 10.9. The molecule has 5 nitrogen and oxygen atoms in total. The van der Waals surface area contributed by atoms with Crippen LogP contribution in [0, 0.1) is 12.8 Å². The van der Waals surface area contributed by atoms with E-state index in [1.807, 2.05) is 55.5 Å². The number of nitrogens with zero attached hydrogens (tertiary/aromatic N) is 1. The lowest BCUT2D eigenvalue weighted by Crippen LogP contribution is -2.52. The fourth-order valence-corrected chi connectivity index (χ4v) is 6.57. The Labute approximate surface area is 183 Å². The highest BCUT2D eigenvalue weighted by molar-refractivity contribution is 7.92. The molecule has 0 saturated heterocycles. The number of aryl methyl sites for hydroxylation is 1. The van der Waals surface area contributed by atoms with E-state index in [1.54, 1.807) is 22.5 Å². The SMILES string of the molecule is Cc1ccc(S(=O)(=O)N2C[C@@H]3[C@H](Nc4c(O)cccc4C3(C)C)c3ccccc32)cc1. The van der Waals surface area contributed by atoms with Gasteiger partial charge in [-0.3, -0.25) is 4.31 Å². The number of rotatable bonds is 2. The van der Waals surface area contributed by atoms with E-state index in [2.05, 4.69) is 19.2 Å². The minimum Gasteiger partial charge on any atom is -0.506 e. The summed E-state index contributed by atoms with van der Waals surface area (Å²) in [6.45, 7) is 6.57. The van der Waals surface area contributed by atoms with Crippen LogP contribution in [0.3, 0.4) is 0 Å². The van der Waals surface area contributed by atoms with E-state index in [-0.39, 0.29) is 23.1 Å². The number of phenols is 1. The third-order valence-corrected chi connectivity index (χ3v) is 8.67. The minimum absolute atomic E-state index is 0.0167. The van der Waals surface area contributed by atoms with Crippen molar-refractivity contribution in [3.8, 4) is 5.75 Å². The topological polar surface area (TPSA) is 69.6 Å². The minimum atomic E-state index is -3.72. The van der Waals surface area contributed by atoms with Gasteiger partial charge in [0, 0.05) is 12.5 Å². The molecule has 0 amide bonds. The molecule has 2 aliphatic heterocycles. The zero-order chi connectivity index (χ0) is 22.0. The van der Waals surface area contributed by atoms with Gasteiger partial charge in [-0.05, 0) is 47.7 Å². The summed E-state index contributed by atoms with van der Waals surface area (Å²) in [6, 6.07) is 20.1. The Kier molecular flexibility index (Phi) is 4.35. The van der Waals surface area contributed by atoms with Gasteiger partial charge < -0.3 is 10.4 Å². The zero-order valence-corrected chi connectivity index (χ0v) is 18.6. The van der Waals surface area contributed by atoms with Crippen molar-refractivity contribution in [3.63, 3.8) is 0 Å². The number of anilines is 2. The molecule has 3 aromatic carbocycles. The first kappa shape index (κ1) is 19.9. The van der Waals surface area contributed by atoms with E-state index in [0.29, 0.717) is 17.1 Å². The molecule has 160 valence electrons. The maximum atomic E-state index is 13.7. The fourth-order valence-electron chi connectivity index (χ4n) is 5.05. The van der Waals surface area contributed by atoms with Crippen molar-refractivity contribution >= 4 is 21.4 Å². The number of aromatic hydroxyl groups is 1. The Morgan fingerprint density at radius 1 is 1.00 bits per heavy atom. The lowest BCUT2D eigenvalue weighted by Gasteiger charge is -2.51. The first-order chi connectivity index (χ1) is 14.7. The van der Waals surface area contributed by atoms with Gasteiger partial charge in [-0.25, -0.2) is 8.42 Å². The normalized spacial score (nSPS) is 21.5. The van der Waals surface area contributed by atoms with Gasteiger partial charge in [-0.1, -0.05) is 61.9 Å². The molecule has 2 N–H and O–H groups in total. The molecule has 0 aliphatic carbocycles. The number of hydrogen-bond donors (Lipinski definition) is 2. The lowest BCUT2D eigenvalue weighted by molar-refractivity contribution is 0.267. The van der Waals surface area contributed by atoms with Crippen molar-refractivity contribution in [2.24, 2.45) is 5.92 Å². The molecular weight excluding hydrogens is 408 g/mol. The van der Waals surface area contributed by atoms with Gasteiger partial charge in [0.05, 0.1) is 22.3 Å². The standard InChI is InChI=1S/C25H26N2O3S/c1-16-11-13-17(14-12-16)31(29,30)27-15-20-23(18-7-4-5-9-21(18)27)26-24-19(25(20,2)3)8-6-10-22(24)28/h4-14,20,23,26,28H,15H2,1-3H3/t20-,23-/m1/s1. The molecule has 2 aliphatic rings. The van der Waals surface area contributed by atoms with E-state index >= 15 is 0 Å². The number of benzene rings is 3. The molecule has 3 aromatic rings. The lowest BCUT2D eigenvalue weighted by atomic mass is 9.64. The molecule has 2 heterocycles. The quantitative estimate of drug-likeness (QED) is 0.559. The summed E-state index contributed by atoms with van der Waals surface area (Å²) in [5.74, 6) is 0.202. The van der Waals surface area contributed by atoms with Crippen molar-refractivity contribution in [3.05, 3.63) is 83.4 Å². The van der Waals surface area contributed by atoms with Crippen LogP contribution in [0.4, 0.5) is 11.4 Å². The van der Waals surface area contributed by atoms with Gasteiger partial charge in [0.1, 0.15) is 5.75 Å². The number of phenolic OH excluding ortho intramolecular Hbond substituents is 1.